The zero-order valence-electron chi connectivity index (χ0n) is 26.8. The minimum atomic E-state index is -1.38. The molecule has 7 nitrogen and oxygen atoms in total. The number of benzene rings is 4. The Morgan fingerprint density at radius 3 is 1.58 bits per heavy atom. The maximum atomic E-state index is 14.4. The number of halogens is 3. The van der Waals surface area contributed by atoms with Crippen LogP contribution in [0.5, 0.6) is 0 Å². The summed E-state index contributed by atoms with van der Waals surface area (Å²) < 4.78 is 11.4. The number of para-hydroxylation sites is 2. The highest BCUT2D eigenvalue weighted by Crippen LogP contribution is 2.57. The van der Waals surface area contributed by atoms with Gasteiger partial charge in [-0.25, -0.2) is 9.59 Å². The molecular weight excluding hydrogens is 669 g/mol. The van der Waals surface area contributed by atoms with Crippen LogP contribution < -0.4 is 14.7 Å². The molecule has 0 atom stereocenters. The summed E-state index contributed by atoms with van der Waals surface area (Å²) in [5.74, 6) is -1.02. The highest BCUT2D eigenvalue weighted by atomic mass is 35.5. The molecule has 0 aliphatic carbocycles. The van der Waals surface area contributed by atoms with Gasteiger partial charge in [0.15, 0.2) is 5.66 Å². The number of hydrogen-bond acceptors (Lipinski definition) is 7. The number of carbonyl (C=O) groups is 2. The van der Waals surface area contributed by atoms with Gasteiger partial charge in [-0.05, 0) is 92.6 Å². The number of ether oxygens (including phenoxy) is 2. The summed E-state index contributed by atoms with van der Waals surface area (Å²) in [6.45, 7) is 6.34. The first-order chi connectivity index (χ1) is 23.2. The summed E-state index contributed by atoms with van der Waals surface area (Å²) >= 11 is 18.9. The molecule has 4 aromatic carbocycles. The summed E-state index contributed by atoms with van der Waals surface area (Å²) in [5.41, 5.74) is 4.13. The van der Waals surface area contributed by atoms with Crippen LogP contribution in [0.2, 0.25) is 15.1 Å². The third-order valence-electron chi connectivity index (χ3n) is 8.49. The number of nitrogens with zero attached hydrogens (tertiary/aromatic N) is 3. The topological polar surface area (TPSA) is 62.3 Å². The van der Waals surface area contributed by atoms with E-state index in [-0.39, 0.29) is 13.2 Å². The molecule has 0 saturated carbocycles. The average Bonchev–Trinajstić information content (AvgIpc) is 3.56. The summed E-state index contributed by atoms with van der Waals surface area (Å²) in [4.78, 5) is 34.4. The van der Waals surface area contributed by atoms with Crippen LogP contribution in [0.15, 0.2) is 120 Å². The van der Waals surface area contributed by atoms with E-state index in [2.05, 4.69) is 9.80 Å². The van der Waals surface area contributed by atoms with E-state index in [1.54, 1.807) is 39.1 Å². The molecule has 246 valence electrons. The average molecular weight is 703 g/mol. The monoisotopic (exact) mass is 701 g/mol. The van der Waals surface area contributed by atoms with Crippen LogP contribution in [-0.4, -0.2) is 30.8 Å². The van der Waals surface area contributed by atoms with Crippen molar-refractivity contribution >= 4 is 63.8 Å². The Kier molecular flexibility index (Phi) is 9.74. The van der Waals surface area contributed by atoms with Gasteiger partial charge in [-0.3, -0.25) is 0 Å². The predicted molar refractivity (Wildman–Crippen MR) is 192 cm³/mol. The highest BCUT2D eigenvalue weighted by Gasteiger charge is 2.62. The Labute approximate surface area is 295 Å². The van der Waals surface area contributed by atoms with Gasteiger partial charge in [0.2, 0.25) is 0 Å². The van der Waals surface area contributed by atoms with Gasteiger partial charge >= 0.3 is 11.9 Å². The highest BCUT2D eigenvalue weighted by molar-refractivity contribution is 6.31. The second-order valence-electron chi connectivity index (χ2n) is 11.4. The van der Waals surface area contributed by atoms with E-state index in [0.717, 1.165) is 22.5 Å². The molecule has 2 aliphatic heterocycles. The van der Waals surface area contributed by atoms with E-state index >= 15 is 0 Å². The molecule has 1 spiro atoms. The van der Waals surface area contributed by atoms with Crippen molar-refractivity contribution in [2.45, 2.75) is 39.5 Å². The van der Waals surface area contributed by atoms with E-state index in [1.165, 1.54) is 0 Å². The summed E-state index contributed by atoms with van der Waals surface area (Å²) in [6, 6.07) is 30.5. The lowest BCUT2D eigenvalue weighted by Crippen LogP contribution is -2.61. The van der Waals surface area contributed by atoms with Crippen molar-refractivity contribution in [3.05, 3.63) is 146 Å². The van der Waals surface area contributed by atoms with Crippen molar-refractivity contribution in [1.29, 1.82) is 0 Å². The lowest BCUT2D eigenvalue weighted by atomic mass is 9.91. The molecule has 4 aromatic rings. The molecule has 2 heterocycles. The van der Waals surface area contributed by atoms with Crippen LogP contribution in [0.3, 0.4) is 0 Å². The fourth-order valence-corrected chi connectivity index (χ4v) is 6.85. The number of carbonyl (C=O) groups excluding carboxylic acids is 2. The van der Waals surface area contributed by atoms with Gasteiger partial charge in [0.05, 0.1) is 35.9 Å². The molecule has 6 rings (SSSR count). The molecule has 0 N–H and O–H groups in total. The fraction of sp³-hybridized carbons (Fsp3) is 0.211. The lowest BCUT2D eigenvalue weighted by molar-refractivity contribution is -0.140. The molecular formula is C38H34Cl3N3O4. The molecule has 2 aliphatic rings. The zero-order chi connectivity index (χ0) is 34.0. The van der Waals surface area contributed by atoms with Crippen molar-refractivity contribution in [2.24, 2.45) is 0 Å². The normalized spacial score (nSPS) is 15.8. The van der Waals surface area contributed by atoms with Crippen molar-refractivity contribution in [3.63, 3.8) is 0 Å². The molecule has 0 saturated heterocycles. The Morgan fingerprint density at radius 1 is 0.667 bits per heavy atom. The second-order valence-corrected chi connectivity index (χ2v) is 12.7. The van der Waals surface area contributed by atoms with E-state index in [0.29, 0.717) is 50.7 Å². The summed E-state index contributed by atoms with van der Waals surface area (Å²) in [6.07, 6.45) is 1.77. The standard InChI is InChI=1S/C38H34Cl3N3O4/c1-4-47-36(45)25(3)35-38(32(37(46)48-5-2)24-42(35)31-20-18-30(41)19-21-31)43(22-26-10-14-28(39)15-11-26)33-8-6-7-9-34(33)44(38)23-27-12-16-29(40)17-13-27/h6-21,24H,4-5,22-23H2,1-3H3/b35-25+. The van der Waals surface area contributed by atoms with Crippen LogP contribution in [0, 0.1) is 0 Å². The number of hydrogen-bond donors (Lipinski definition) is 0. The largest absolute Gasteiger partial charge is 0.463 e. The van der Waals surface area contributed by atoms with Crippen LogP contribution in [0.4, 0.5) is 17.1 Å². The second kappa shape index (κ2) is 14.0. The van der Waals surface area contributed by atoms with Crippen molar-refractivity contribution in [2.75, 3.05) is 27.9 Å². The quantitative estimate of drug-likeness (QED) is 0.127. The van der Waals surface area contributed by atoms with E-state index in [9.17, 15) is 9.59 Å². The van der Waals surface area contributed by atoms with Crippen molar-refractivity contribution < 1.29 is 19.1 Å². The van der Waals surface area contributed by atoms with Gasteiger partial charge in [0.25, 0.3) is 0 Å². The maximum absolute atomic E-state index is 14.4. The first-order valence-corrected chi connectivity index (χ1v) is 16.8. The molecule has 0 amide bonds. The van der Waals surface area contributed by atoms with E-state index in [1.807, 2.05) is 89.8 Å². The lowest BCUT2D eigenvalue weighted by Gasteiger charge is -2.46. The Hall–Kier alpha value is -4.43. The number of fused-ring (bicyclic) bond motifs is 1. The van der Waals surface area contributed by atoms with Gasteiger partial charge in [0, 0.05) is 40.0 Å². The molecule has 0 radical (unpaired) electrons. The minimum absolute atomic E-state index is 0.157. The molecule has 0 fully saturated rings. The third-order valence-corrected chi connectivity index (χ3v) is 9.25. The van der Waals surface area contributed by atoms with Gasteiger partial charge in [0.1, 0.15) is 5.57 Å². The van der Waals surface area contributed by atoms with E-state index < -0.39 is 17.6 Å². The summed E-state index contributed by atoms with van der Waals surface area (Å²) in [7, 11) is 0. The summed E-state index contributed by atoms with van der Waals surface area (Å²) in [5, 5.41) is 1.78. The van der Waals surface area contributed by atoms with Gasteiger partial charge in [-0.15, -0.1) is 0 Å². The van der Waals surface area contributed by atoms with Crippen LogP contribution in [0.1, 0.15) is 31.9 Å². The first kappa shape index (κ1) is 33.5. The van der Waals surface area contributed by atoms with Crippen molar-refractivity contribution in [1.82, 2.24) is 0 Å². The van der Waals surface area contributed by atoms with Crippen LogP contribution in [0.25, 0.3) is 0 Å². The smallest absolute Gasteiger partial charge is 0.340 e. The zero-order valence-corrected chi connectivity index (χ0v) is 29.0. The molecule has 48 heavy (non-hydrogen) atoms. The molecule has 0 bridgehead atoms. The Morgan fingerprint density at radius 2 is 1.12 bits per heavy atom. The molecule has 0 aromatic heterocycles. The fourth-order valence-electron chi connectivity index (χ4n) is 6.47. The van der Waals surface area contributed by atoms with Gasteiger partial charge < -0.3 is 24.2 Å². The Bertz CT molecular complexity index is 1820. The number of anilines is 3. The van der Waals surface area contributed by atoms with Crippen molar-refractivity contribution in [3.8, 4) is 0 Å². The minimum Gasteiger partial charge on any atom is -0.463 e. The van der Waals surface area contributed by atoms with Crippen LogP contribution >= 0.6 is 34.8 Å². The predicted octanol–water partition coefficient (Wildman–Crippen LogP) is 9.17. The van der Waals surface area contributed by atoms with Gasteiger partial charge in [-0.1, -0.05) is 71.2 Å². The number of rotatable bonds is 9. The van der Waals surface area contributed by atoms with E-state index in [4.69, 9.17) is 44.3 Å². The third kappa shape index (κ3) is 6.02. The van der Waals surface area contributed by atoms with Crippen LogP contribution in [-0.2, 0) is 32.2 Å². The van der Waals surface area contributed by atoms with Gasteiger partial charge in [-0.2, -0.15) is 0 Å². The SMILES string of the molecule is CCOC(=O)C1=CN(c2ccc(Cl)cc2)/C(=C(\C)C(=O)OCC)C12N(Cc1ccc(Cl)cc1)c1ccccc1N2Cc1ccc(Cl)cc1. The maximum Gasteiger partial charge on any atom is 0.340 e. The molecule has 10 heteroatoms. The first-order valence-electron chi connectivity index (χ1n) is 15.6. The number of esters is 2. The molecule has 0 unspecified atom stereocenters. The Balaban J connectivity index is 1.71.